The molecule has 3 aromatic heterocycles. The molecule has 1 saturated heterocycles. The Hall–Kier alpha value is -1.90. The van der Waals surface area contributed by atoms with Crippen molar-refractivity contribution in [1.82, 2.24) is 19.9 Å². The third kappa shape index (κ3) is 4.51. The van der Waals surface area contributed by atoms with Crippen molar-refractivity contribution in [3.63, 3.8) is 0 Å². The first-order valence-corrected chi connectivity index (χ1v) is 10.9. The lowest BCUT2D eigenvalue weighted by Gasteiger charge is -2.32. The third-order valence-electron chi connectivity index (χ3n) is 4.79. The van der Waals surface area contributed by atoms with Crippen LogP contribution in [0.15, 0.2) is 17.6 Å². The number of nitrogens with one attached hydrogen (secondary N) is 1. The van der Waals surface area contributed by atoms with Crippen LogP contribution in [0.25, 0.3) is 10.2 Å². The Morgan fingerprint density at radius 1 is 1.41 bits per heavy atom. The molecule has 1 fully saturated rings. The SMILES string of the molecule is CC(=O)Nc1ncc(CN2CCCC(Cc3nc(C)nc4ccsc34)C2)s1. The number of rotatable bonds is 5. The monoisotopic (exact) mass is 401 g/mol. The molecule has 4 heterocycles. The molecular formula is C19H23N5OS2. The van der Waals surface area contributed by atoms with Crippen LogP contribution >= 0.6 is 22.7 Å². The van der Waals surface area contributed by atoms with Gasteiger partial charge in [-0.2, -0.15) is 0 Å². The van der Waals surface area contributed by atoms with E-state index in [1.807, 2.05) is 13.1 Å². The second-order valence-corrected chi connectivity index (χ2v) is 9.14. The number of carbonyl (C=O) groups is 1. The van der Waals surface area contributed by atoms with E-state index in [2.05, 4.69) is 31.6 Å². The van der Waals surface area contributed by atoms with Gasteiger partial charge in [0, 0.05) is 31.1 Å². The van der Waals surface area contributed by atoms with E-state index >= 15 is 0 Å². The largest absolute Gasteiger partial charge is 0.302 e. The lowest BCUT2D eigenvalue weighted by molar-refractivity contribution is -0.114. The molecule has 0 spiro atoms. The van der Waals surface area contributed by atoms with E-state index in [9.17, 15) is 4.79 Å². The Morgan fingerprint density at radius 2 is 2.30 bits per heavy atom. The fraction of sp³-hybridized carbons (Fsp3) is 0.474. The quantitative estimate of drug-likeness (QED) is 0.703. The fourth-order valence-corrected chi connectivity index (χ4v) is 5.47. The fourth-order valence-electron chi connectivity index (χ4n) is 3.73. The number of aromatic nitrogens is 3. The van der Waals surface area contributed by atoms with Crippen LogP contribution in [-0.4, -0.2) is 38.8 Å². The molecule has 0 aromatic carbocycles. The van der Waals surface area contributed by atoms with Gasteiger partial charge in [0.2, 0.25) is 5.91 Å². The summed E-state index contributed by atoms with van der Waals surface area (Å²) in [5.41, 5.74) is 2.27. The number of thiazole rings is 1. The van der Waals surface area contributed by atoms with Gasteiger partial charge in [-0.25, -0.2) is 15.0 Å². The molecular weight excluding hydrogens is 378 g/mol. The first kappa shape index (κ1) is 18.5. The van der Waals surface area contributed by atoms with E-state index in [0.717, 1.165) is 37.4 Å². The second kappa shape index (κ2) is 8.00. The zero-order chi connectivity index (χ0) is 18.8. The normalized spacial score (nSPS) is 18.1. The Balaban J connectivity index is 1.41. The summed E-state index contributed by atoms with van der Waals surface area (Å²) in [6.45, 7) is 6.56. The van der Waals surface area contributed by atoms with Gasteiger partial charge in [0.1, 0.15) is 5.82 Å². The summed E-state index contributed by atoms with van der Waals surface area (Å²) in [6, 6.07) is 2.09. The maximum Gasteiger partial charge on any atom is 0.223 e. The number of piperidine rings is 1. The van der Waals surface area contributed by atoms with E-state index in [1.54, 1.807) is 22.7 Å². The smallest absolute Gasteiger partial charge is 0.223 e. The number of anilines is 1. The lowest BCUT2D eigenvalue weighted by atomic mass is 9.93. The number of thiophene rings is 1. The Morgan fingerprint density at radius 3 is 3.15 bits per heavy atom. The summed E-state index contributed by atoms with van der Waals surface area (Å²) in [5, 5.41) is 5.55. The van der Waals surface area contributed by atoms with E-state index in [0.29, 0.717) is 11.0 Å². The van der Waals surface area contributed by atoms with Crippen LogP contribution in [0.4, 0.5) is 5.13 Å². The van der Waals surface area contributed by atoms with Gasteiger partial charge in [-0.3, -0.25) is 9.69 Å². The van der Waals surface area contributed by atoms with Crippen LogP contribution in [0.1, 0.15) is 36.2 Å². The van der Waals surface area contributed by atoms with Gasteiger partial charge in [0.25, 0.3) is 0 Å². The number of carbonyl (C=O) groups excluding carboxylic acids is 1. The van der Waals surface area contributed by atoms with Crippen molar-refractivity contribution in [2.75, 3.05) is 18.4 Å². The van der Waals surface area contributed by atoms with Crippen molar-refractivity contribution in [2.45, 2.75) is 39.7 Å². The van der Waals surface area contributed by atoms with E-state index in [-0.39, 0.29) is 5.91 Å². The molecule has 1 N–H and O–H groups in total. The van der Waals surface area contributed by atoms with Gasteiger partial charge in [-0.15, -0.1) is 22.7 Å². The van der Waals surface area contributed by atoms with Gasteiger partial charge in [-0.1, -0.05) is 0 Å². The summed E-state index contributed by atoms with van der Waals surface area (Å²) in [6.07, 6.45) is 5.34. The molecule has 1 atom stereocenters. The first-order chi connectivity index (χ1) is 13.1. The molecule has 27 heavy (non-hydrogen) atoms. The molecule has 1 unspecified atom stereocenters. The van der Waals surface area contributed by atoms with Gasteiger partial charge < -0.3 is 5.32 Å². The molecule has 1 amide bonds. The Labute approximate surface area is 166 Å². The van der Waals surface area contributed by atoms with Crippen LogP contribution in [0, 0.1) is 12.8 Å². The van der Waals surface area contributed by atoms with Gasteiger partial charge >= 0.3 is 0 Å². The highest BCUT2D eigenvalue weighted by molar-refractivity contribution is 7.17. The zero-order valence-electron chi connectivity index (χ0n) is 15.6. The predicted molar refractivity (Wildman–Crippen MR) is 110 cm³/mol. The second-order valence-electron chi connectivity index (χ2n) is 7.11. The molecule has 4 rings (SSSR count). The van der Waals surface area contributed by atoms with E-state index < -0.39 is 0 Å². The average Bonchev–Trinajstić information content (AvgIpc) is 3.24. The highest BCUT2D eigenvalue weighted by atomic mass is 32.1. The topological polar surface area (TPSA) is 71.0 Å². The summed E-state index contributed by atoms with van der Waals surface area (Å²) in [5.74, 6) is 1.40. The number of amides is 1. The van der Waals surface area contributed by atoms with Crippen LogP contribution in [0.5, 0.6) is 0 Å². The maximum atomic E-state index is 11.2. The number of hydrogen-bond acceptors (Lipinski definition) is 7. The van der Waals surface area contributed by atoms with Crippen LogP contribution in [0.3, 0.4) is 0 Å². The van der Waals surface area contributed by atoms with Crippen molar-refractivity contribution < 1.29 is 4.79 Å². The third-order valence-corrected chi connectivity index (χ3v) is 6.64. The van der Waals surface area contributed by atoms with E-state index in [1.165, 1.54) is 35.0 Å². The summed E-state index contributed by atoms with van der Waals surface area (Å²) in [7, 11) is 0. The minimum atomic E-state index is -0.0750. The molecule has 1 aliphatic heterocycles. The summed E-state index contributed by atoms with van der Waals surface area (Å²) >= 11 is 3.30. The minimum absolute atomic E-state index is 0.0750. The standard InChI is InChI=1S/C19H23N5OS2/c1-12-21-16-5-7-26-18(16)17(22-12)8-14-4-3-6-24(10-14)11-15-9-20-19(27-15)23-13(2)25/h5,7,9,14H,3-4,6,8,10-11H2,1-2H3,(H,20,23,25). The number of likely N-dealkylation sites (tertiary alicyclic amines) is 1. The van der Waals surface area contributed by atoms with Gasteiger partial charge in [-0.05, 0) is 50.1 Å². The van der Waals surface area contributed by atoms with Crippen molar-refractivity contribution in [2.24, 2.45) is 5.92 Å². The maximum absolute atomic E-state index is 11.2. The van der Waals surface area contributed by atoms with E-state index in [4.69, 9.17) is 4.98 Å². The lowest BCUT2D eigenvalue weighted by Crippen LogP contribution is -2.35. The summed E-state index contributed by atoms with van der Waals surface area (Å²) in [4.78, 5) is 28.4. The zero-order valence-corrected chi connectivity index (χ0v) is 17.2. The number of fused-ring (bicyclic) bond motifs is 1. The van der Waals surface area contributed by atoms with Crippen LogP contribution < -0.4 is 5.32 Å². The van der Waals surface area contributed by atoms with Crippen LogP contribution in [0.2, 0.25) is 0 Å². The van der Waals surface area contributed by atoms with Crippen molar-refractivity contribution in [1.29, 1.82) is 0 Å². The highest BCUT2D eigenvalue weighted by Gasteiger charge is 2.22. The molecule has 3 aromatic rings. The molecule has 0 bridgehead atoms. The highest BCUT2D eigenvalue weighted by Crippen LogP contribution is 2.28. The molecule has 0 radical (unpaired) electrons. The number of hydrogen-bond donors (Lipinski definition) is 1. The average molecular weight is 402 g/mol. The molecule has 8 heteroatoms. The van der Waals surface area contributed by atoms with Crippen molar-refractivity contribution >= 4 is 43.9 Å². The van der Waals surface area contributed by atoms with Gasteiger partial charge in [0.15, 0.2) is 5.13 Å². The Bertz CT molecular complexity index is 951. The molecule has 142 valence electrons. The molecule has 1 aliphatic rings. The van der Waals surface area contributed by atoms with Gasteiger partial charge in [0.05, 0.1) is 15.9 Å². The predicted octanol–water partition coefficient (Wildman–Crippen LogP) is 3.87. The number of nitrogens with zero attached hydrogens (tertiary/aromatic N) is 4. The molecule has 0 saturated carbocycles. The van der Waals surface area contributed by atoms with Crippen LogP contribution in [-0.2, 0) is 17.8 Å². The minimum Gasteiger partial charge on any atom is -0.302 e. The summed E-state index contributed by atoms with van der Waals surface area (Å²) < 4.78 is 1.24. The van der Waals surface area contributed by atoms with Crippen molar-refractivity contribution in [3.8, 4) is 0 Å². The number of aryl methyl sites for hydroxylation is 1. The van der Waals surface area contributed by atoms with Crippen molar-refractivity contribution in [3.05, 3.63) is 34.0 Å². The first-order valence-electron chi connectivity index (χ1n) is 9.22. The Kier molecular flexibility index (Phi) is 5.47. The molecule has 0 aliphatic carbocycles. The molecule has 6 nitrogen and oxygen atoms in total.